The van der Waals surface area contributed by atoms with Crippen LogP contribution in [0.15, 0.2) is 23.1 Å². The molecule has 0 aromatic heterocycles. The molecule has 2 atom stereocenters. The molecule has 1 aromatic rings. The Morgan fingerprint density at radius 1 is 1.45 bits per heavy atom. The number of nitrogens with two attached hydrogens (primary N) is 2. The molecule has 1 amide bonds. The van der Waals surface area contributed by atoms with E-state index >= 15 is 0 Å². The van der Waals surface area contributed by atoms with Crippen LogP contribution in [0.25, 0.3) is 0 Å². The van der Waals surface area contributed by atoms with E-state index in [9.17, 15) is 18.3 Å². The number of carbonyl (C=O) groups is 1. The maximum absolute atomic E-state index is 12.6. The van der Waals surface area contributed by atoms with Gasteiger partial charge in [0.2, 0.25) is 15.9 Å². The molecule has 1 heterocycles. The van der Waals surface area contributed by atoms with E-state index in [0.29, 0.717) is 11.3 Å². The highest BCUT2D eigenvalue weighted by Crippen LogP contribution is 2.29. The second-order valence-corrected chi connectivity index (χ2v) is 6.77. The molecule has 1 fully saturated rings. The van der Waals surface area contributed by atoms with Crippen molar-refractivity contribution in [1.82, 2.24) is 4.31 Å². The summed E-state index contributed by atoms with van der Waals surface area (Å²) in [6.07, 6.45) is -0.890. The van der Waals surface area contributed by atoms with Crippen molar-refractivity contribution in [2.24, 2.45) is 5.73 Å². The lowest BCUT2D eigenvalue weighted by molar-refractivity contribution is -0.121. The molecule has 0 radical (unpaired) electrons. The monoisotopic (exact) mass is 299 g/mol. The topological polar surface area (TPSA) is 127 Å². The Hall–Kier alpha value is -1.64. The standard InChI is InChI=1S/C12H17N3O4S/c1-7-2-3-8(13)4-11(7)20(18,19)15-6-9(16)5-10(15)12(14)17/h2-4,9-10,16H,5-6,13H2,1H3,(H2,14,17). The number of nitrogens with zero attached hydrogens (tertiary/aromatic N) is 1. The van der Waals surface area contributed by atoms with Crippen molar-refractivity contribution in [2.45, 2.75) is 30.4 Å². The summed E-state index contributed by atoms with van der Waals surface area (Å²) in [6.45, 7) is 1.49. The summed E-state index contributed by atoms with van der Waals surface area (Å²) < 4.78 is 26.2. The summed E-state index contributed by atoms with van der Waals surface area (Å²) in [4.78, 5) is 11.4. The fourth-order valence-corrected chi connectivity index (χ4v) is 4.24. The second-order valence-electron chi connectivity index (χ2n) is 4.91. The lowest BCUT2D eigenvalue weighted by Crippen LogP contribution is -2.43. The Labute approximate surface area is 117 Å². The summed E-state index contributed by atoms with van der Waals surface area (Å²) in [5.41, 5.74) is 11.7. The van der Waals surface area contributed by atoms with Gasteiger partial charge in [0, 0.05) is 18.7 Å². The number of hydrogen-bond donors (Lipinski definition) is 3. The number of anilines is 1. The highest BCUT2D eigenvalue weighted by molar-refractivity contribution is 7.89. The van der Waals surface area contributed by atoms with Gasteiger partial charge in [0.25, 0.3) is 0 Å². The van der Waals surface area contributed by atoms with Crippen molar-refractivity contribution in [3.8, 4) is 0 Å². The van der Waals surface area contributed by atoms with Crippen molar-refractivity contribution in [3.05, 3.63) is 23.8 Å². The van der Waals surface area contributed by atoms with E-state index in [0.717, 1.165) is 4.31 Å². The summed E-state index contributed by atoms with van der Waals surface area (Å²) in [5.74, 6) is -0.772. The fourth-order valence-electron chi connectivity index (χ4n) is 2.33. The van der Waals surface area contributed by atoms with E-state index in [1.165, 1.54) is 6.07 Å². The first kappa shape index (κ1) is 14.8. The van der Waals surface area contributed by atoms with Crippen molar-refractivity contribution in [2.75, 3.05) is 12.3 Å². The van der Waals surface area contributed by atoms with Gasteiger partial charge in [0.05, 0.1) is 11.0 Å². The largest absolute Gasteiger partial charge is 0.399 e. The predicted octanol–water partition coefficient (Wildman–Crippen LogP) is -0.814. The molecule has 2 unspecified atom stereocenters. The van der Waals surface area contributed by atoms with Gasteiger partial charge in [-0.3, -0.25) is 4.79 Å². The first-order valence-corrected chi connectivity index (χ1v) is 7.53. The van der Waals surface area contributed by atoms with E-state index in [-0.39, 0.29) is 17.9 Å². The summed E-state index contributed by atoms with van der Waals surface area (Å²) in [5, 5.41) is 9.61. The SMILES string of the molecule is Cc1ccc(N)cc1S(=O)(=O)N1CC(O)CC1C(N)=O. The molecule has 1 saturated heterocycles. The van der Waals surface area contributed by atoms with Gasteiger partial charge in [0.15, 0.2) is 0 Å². The average molecular weight is 299 g/mol. The summed E-state index contributed by atoms with van der Waals surface area (Å²) in [7, 11) is -3.93. The van der Waals surface area contributed by atoms with Crippen LogP contribution in [0.3, 0.4) is 0 Å². The molecule has 20 heavy (non-hydrogen) atoms. The molecule has 2 rings (SSSR count). The smallest absolute Gasteiger partial charge is 0.244 e. The molecular weight excluding hydrogens is 282 g/mol. The minimum atomic E-state index is -3.93. The van der Waals surface area contributed by atoms with Crippen molar-refractivity contribution in [1.29, 1.82) is 0 Å². The predicted molar refractivity (Wildman–Crippen MR) is 73.1 cm³/mol. The number of aliphatic hydroxyl groups excluding tert-OH is 1. The number of rotatable bonds is 3. The number of nitrogen functional groups attached to an aromatic ring is 1. The van der Waals surface area contributed by atoms with Gasteiger partial charge < -0.3 is 16.6 Å². The van der Waals surface area contributed by atoms with Crippen LogP contribution in [0.1, 0.15) is 12.0 Å². The molecule has 8 heteroatoms. The lowest BCUT2D eigenvalue weighted by Gasteiger charge is -2.22. The number of amides is 1. The average Bonchev–Trinajstić information content (AvgIpc) is 2.75. The van der Waals surface area contributed by atoms with Crippen LogP contribution in [0, 0.1) is 6.92 Å². The Morgan fingerprint density at radius 2 is 2.10 bits per heavy atom. The quantitative estimate of drug-likeness (QED) is 0.629. The molecular formula is C12H17N3O4S. The highest BCUT2D eigenvalue weighted by Gasteiger charge is 2.43. The van der Waals surface area contributed by atoms with E-state index in [1.54, 1.807) is 19.1 Å². The van der Waals surface area contributed by atoms with Crippen LogP contribution < -0.4 is 11.5 Å². The first-order valence-electron chi connectivity index (χ1n) is 6.09. The van der Waals surface area contributed by atoms with Crippen LogP contribution in [-0.4, -0.2) is 42.4 Å². The minimum absolute atomic E-state index is 0.00985. The number of hydrogen-bond acceptors (Lipinski definition) is 5. The molecule has 0 aliphatic carbocycles. The number of aryl methyl sites for hydroxylation is 1. The molecule has 1 aliphatic heterocycles. The summed E-state index contributed by atoms with van der Waals surface area (Å²) >= 11 is 0. The number of carbonyl (C=O) groups excluding carboxylic acids is 1. The van der Waals surface area contributed by atoms with Gasteiger partial charge in [-0.2, -0.15) is 4.31 Å². The first-order chi connectivity index (χ1) is 9.23. The molecule has 0 spiro atoms. The molecule has 0 bridgehead atoms. The van der Waals surface area contributed by atoms with Crippen molar-refractivity contribution in [3.63, 3.8) is 0 Å². The third-order valence-electron chi connectivity index (χ3n) is 3.36. The Morgan fingerprint density at radius 3 is 2.70 bits per heavy atom. The zero-order valence-electron chi connectivity index (χ0n) is 11.0. The van der Waals surface area contributed by atoms with Gasteiger partial charge >= 0.3 is 0 Å². The van der Waals surface area contributed by atoms with Crippen molar-refractivity contribution >= 4 is 21.6 Å². The van der Waals surface area contributed by atoms with Crippen LogP contribution >= 0.6 is 0 Å². The zero-order valence-corrected chi connectivity index (χ0v) is 11.8. The van der Waals surface area contributed by atoms with Crippen LogP contribution in [-0.2, 0) is 14.8 Å². The zero-order chi connectivity index (χ0) is 15.1. The molecule has 5 N–H and O–H groups in total. The third-order valence-corrected chi connectivity index (χ3v) is 5.38. The molecule has 1 aromatic carbocycles. The Bertz CT molecular complexity index is 644. The van der Waals surface area contributed by atoms with Gasteiger partial charge in [-0.1, -0.05) is 6.07 Å². The van der Waals surface area contributed by atoms with Gasteiger partial charge in [-0.05, 0) is 24.6 Å². The van der Waals surface area contributed by atoms with Crippen LogP contribution in [0.2, 0.25) is 0 Å². The minimum Gasteiger partial charge on any atom is -0.399 e. The summed E-state index contributed by atoms with van der Waals surface area (Å²) in [6, 6.07) is 3.50. The lowest BCUT2D eigenvalue weighted by atomic mass is 10.2. The van der Waals surface area contributed by atoms with Gasteiger partial charge in [-0.25, -0.2) is 8.42 Å². The number of sulfonamides is 1. The number of β-amino-alcohol motifs (C(OH)–C–C–N with tert-alkyl or cyclic N) is 1. The molecule has 7 nitrogen and oxygen atoms in total. The number of aliphatic hydroxyl groups is 1. The molecule has 0 saturated carbocycles. The van der Waals surface area contributed by atoms with Crippen molar-refractivity contribution < 1.29 is 18.3 Å². The Kier molecular flexibility index (Phi) is 3.72. The maximum atomic E-state index is 12.6. The van der Waals surface area contributed by atoms with Crippen LogP contribution in [0.4, 0.5) is 5.69 Å². The van der Waals surface area contributed by atoms with Crippen LogP contribution in [0.5, 0.6) is 0 Å². The van der Waals surface area contributed by atoms with E-state index in [2.05, 4.69) is 0 Å². The fraction of sp³-hybridized carbons (Fsp3) is 0.417. The third kappa shape index (κ3) is 2.49. The second kappa shape index (κ2) is 5.04. The normalized spacial score (nSPS) is 23.9. The van der Waals surface area contributed by atoms with E-state index < -0.39 is 28.1 Å². The Balaban J connectivity index is 2.49. The maximum Gasteiger partial charge on any atom is 0.244 e. The van der Waals surface area contributed by atoms with E-state index in [1.807, 2.05) is 0 Å². The van der Waals surface area contributed by atoms with E-state index in [4.69, 9.17) is 11.5 Å². The highest BCUT2D eigenvalue weighted by atomic mass is 32.2. The molecule has 1 aliphatic rings. The number of primary amides is 1. The van der Waals surface area contributed by atoms with Gasteiger partial charge in [-0.15, -0.1) is 0 Å². The molecule has 110 valence electrons. The van der Waals surface area contributed by atoms with Gasteiger partial charge in [0.1, 0.15) is 6.04 Å². The number of benzene rings is 1.